The van der Waals surface area contributed by atoms with Crippen LogP contribution in [-0.4, -0.2) is 49.7 Å². The molecular weight excluding hydrogens is 328 g/mol. The summed E-state index contributed by atoms with van der Waals surface area (Å²) in [5.74, 6) is -1.42. The Labute approximate surface area is 143 Å². The van der Waals surface area contributed by atoms with Crippen LogP contribution in [0.1, 0.15) is 12.0 Å². The monoisotopic (exact) mass is 346 g/mol. The van der Waals surface area contributed by atoms with Crippen LogP contribution < -0.4 is 0 Å². The zero-order valence-electron chi connectivity index (χ0n) is 13.4. The van der Waals surface area contributed by atoms with Crippen LogP contribution in [0.25, 0.3) is 0 Å². The molecule has 132 valence electrons. The number of benzene rings is 1. The number of hydrogen-bond donors (Lipinski definition) is 1. The molecule has 25 heavy (non-hydrogen) atoms. The molecule has 9 heteroatoms. The minimum absolute atomic E-state index is 0.0148. The zero-order valence-corrected chi connectivity index (χ0v) is 13.4. The molecule has 1 aromatic heterocycles. The maximum Gasteiger partial charge on any atom is 0.323 e. The normalized spacial score (nSPS) is 10.4. The Kier molecular flexibility index (Phi) is 6.21. The highest BCUT2D eigenvalue weighted by Gasteiger charge is 2.17. The van der Waals surface area contributed by atoms with Gasteiger partial charge in [-0.1, -0.05) is 30.3 Å². The fourth-order valence-corrected chi connectivity index (χ4v) is 2.30. The van der Waals surface area contributed by atoms with Gasteiger partial charge in [0.15, 0.2) is 0 Å². The van der Waals surface area contributed by atoms with Gasteiger partial charge in [0, 0.05) is 19.5 Å². The molecule has 0 aliphatic carbocycles. The second-order valence-electron chi connectivity index (χ2n) is 5.41. The number of aromatic nitrogens is 2. The standard InChI is InChI=1S/C16H18N4O5/c21-15(7-9-19-11-14(10-17-19)20(24)25)18(12-16(22)23)8-6-13-4-2-1-3-5-13/h1-5,10-11H,6-9,12H2,(H,22,23). The summed E-state index contributed by atoms with van der Waals surface area (Å²) in [6, 6.07) is 9.46. The lowest BCUT2D eigenvalue weighted by atomic mass is 10.1. The van der Waals surface area contributed by atoms with Gasteiger partial charge in [0.2, 0.25) is 5.91 Å². The Morgan fingerprint density at radius 2 is 2.00 bits per heavy atom. The number of aliphatic carboxylic acids is 1. The first-order chi connectivity index (χ1) is 12.0. The third-order valence-corrected chi connectivity index (χ3v) is 3.58. The summed E-state index contributed by atoms with van der Waals surface area (Å²) in [5.41, 5.74) is 0.854. The molecular formula is C16H18N4O5. The molecule has 0 aliphatic heterocycles. The van der Waals surface area contributed by atoms with Crippen LogP contribution in [0.15, 0.2) is 42.7 Å². The Balaban J connectivity index is 1.92. The smallest absolute Gasteiger partial charge is 0.323 e. The van der Waals surface area contributed by atoms with Crippen molar-refractivity contribution in [2.24, 2.45) is 0 Å². The summed E-state index contributed by atoms with van der Waals surface area (Å²) in [6.45, 7) is 0.0491. The van der Waals surface area contributed by atoms with Gasteiger partial charge in [-0.05, 0) is 12.0 Å². The Hall–Kier alpha value is -3.23. The minimum atomic E-state index is -1.09. The van der Waals surface area contributed by atoms with E-state index in [2.05, 4.69) is 5.10 Å². The maximum absolute atomic E-state index is 12.3. The van der Waals surface area contributed by atoms with E-state index in [4.69, 9.17) is 5.11 Å². The number of carbonyl (C=O) groups is 2. The lowest BCUT2D eigenvalue weighted by Crippen LogP contribution is -2.37. The lowest BCUT2D eigenvalue weighted by molar-refractivity contribution is -0.385. The quantitative estimate of drug-likeness (QED) is 0.540. The van der Waals surface area contributed by atoms with Crippen LogP contribution in [0.4, 0.5) is 5.69 Å². The highest BCUT2D eigenvalue weighted by Crippen LogP contribution is 2.09. The van der Waals surface area contributed by atoms with Crippen molar-refractivity contribution in [3.63, 3.8) is 0 Å². The third-order valence-electron chi connectivity index (χ3n) is 3.58. The fourth-order valence-electron chi connectivity index (χ4n) is 2.30. The van der Waals surface area contributed by atoms with E-state index >= 15 is 0 Å². The second-order valence-corrected chi connectivity index (χ2v) is 5.41. The molecule has 1 N–H and O–H groups in total. The number of aryl methyl sites for hydroxylation is 1. The topological polar surface area (TPSA) is 119 Å². The molecule has 1 heterocycles. The van der Waals surface area contributed by atoms with E-state index in [1.807, 2.05) is 30.3 Å². The van der Waals surface area contributed by atoms with Crippen LogP contribution >= 0.6 is 0 Å². The SMILES string of the molecule is O=C(O)CN(CCc1ccccc1)C(=O)CCn1cc([N+](=O)[O-])cn1. The van der Waals surface area contributed by atoms with Crippen molar-refractivity contribution in [2.75, 3.05) is 13.1 Å². The molecule has 0 atom stereocenters. The van der Waals surface area contributed by atoms with Crippen molar-refractivity contribution in [2.45, 2.75) is 19.4 Å². The summed E-state index contributed by atoms with van der Waals surface area (Å²) in [5, 5.41) is 23.4. The molecule has 0 radical (unpaired) electrons. The Bertz CT molecular complexity index is 744. The zero-order chi connectivity index (χ0) is 18.2. The predicted octanol–water partition coefficient (Wildman–Crippen LogP) is 1.34. The first kappa shape index (κ1) is 18.1. The molecule has 1 aromatic carbocycles. The van der Waals surface area contributed by atoms with E-state index < -0.39 is 10.9 Å². The van der Waals surface area contributed by atoms with Crippen molar-refractivity contribution in [3.05, 3.63) is 58.4 Å². The molecule has 0 bridgehead atoms. The fraction of sp³-hybridized carbons (Fsp3) is 0.312. The van der Waals surface area contributed by atoms with E-state index in [1.165, 1.54) is 15.8 Å². The summed E-state index contributed by atoms with van der Waals surface area (Å²) < 4.78 is 1.30. The van der Waals surface area contributed by atoms with E-state index in [9.17, 15) is 19.7 Å². The number of carboxylic acid groups (broad SMARTS) is 1. The van der Waals surface area contributed by atoms with E-state index in [-0.39, 0.29) is 37.6 Å². The van der Waals surface area contributed by atoms with E-state index in [0.717, 1.165) is 11.8 Å². The average Bonchev–Trinajstić information content (AvgIpc) is 3.06. The predicted molar refractivity (Wildman–Crippen MR) is 87.9 cm³/mol. The maximum atomic E-state index is 12.3. The molecule has 0 unspecified atom stereocenters. The van der Waals surface area contributed by atoms with Gasteiger partial charge in [0.05, 0.1) is 4.92 Å². The van der Waals surface area contributed by atoms with Gasteiger partial charge in [-0.15, -0.1) is 0 Å². The molecule has 2 aromatic rings. The van der Waals surface area contributed by atoms with E-state index in [0.29, 0.717) is 6.42 Å². The number of carbonyl (C=O) groups excluding carboxylic acids is 1. The summed E-state index contributed by atoms with van der Waals surface area (Å²) in [7, 11) is 0. The second kappa shape index (κ2) is 8.57. The molecule has 0 saturated heterocycles. The minimum Gasteiger partial charge on any atom is -0.480 e. The van der Waals surface area contributed by atoms with Crippen molar-refractivity contribution in [1.82, 2.24) is 14.7 Å². The highest BCUT2D eigenvalue weighted by atomic mass is 16.6. The largest absolute Gasteiger partial charge is 0.480 e. The van der Waals surface area contributed by atoms with Gasteiger partial charge in [-0.3, -0.25) is 24.4 Å². The molecule has 1 amide bonds. The first-order valence-electron chi connectivity index (χ1n) is 7.66. The van der Waals surface area contributed by atoms with Crippen LogP contribution in [0.3, 0.4) is 0 Å². The summed E-state index contributed by atoms with van der Waals surface area (Å²) in [4.78, 5) is 34.6. The van der Waals surface area contributed by atoms with Crippen LogP contribution in [0, 0.1) is 10.1 Å². The summed E-state index contributed by atoms with van der Waals surface area (Å²) >= 11 is 0. The van der Waals surface area contributed by atoms with Gasteiger partial charge in [-0.2, -0.15) is 5.10 Å². The molecule has 2 rings (SSSR count). The van der Waals surface area contributed by atoms with Crippen LogP contribution in [-0.2, 0) is 22.6 Å². The highest BCUT2D eigenvalue weighted by molar-refractivity contribution is 5.81. The number of amides is 1. The number of rotatable bonds is 9. The third kappa shape index (κ3) is 5.72. The number of hydrogen-bond acceptors (Lipinski definition) is 5. The van der Waals surface area contributed by atoms with Crippen molar-refractivity contribution >= 4 is 17.6 Å². The lowest BCUT2D eigenvalue weighted by Gasteiger charge is -2.20. The van der Waals surface area contributed by atoms with Gasteiger partial charge < -0.3 is 10.0 Å². The van der Waals surface area contributed by atoms with Gasteiger partial charge in [0.1, 0.15) is 18.9 Å². The molecule has 9 nitrogen and oxygen atoms in total. The molecule has 0 aliphatic rings. The Morgan fingerprint density at radius 1 is 1.28 bits per heavy atom. The number of carboxylic acids is 1. The van der Waals surface area contributed by atoms with E-state index in [1.54, 1.807) is 0 Å². The Morgan fingerprint density at radius 3 is 2.60 bits per heavy atom. The van der Waals surface area contributed by atoms with Gasteiger partial charge >= 0.3 is 11.7 Å². The number of nitro groups is 1. The summed E-state index contributed by atoms with van der Waals surface area (Å²) in [6.07, 6.45) is 2.90. The molecule has 0 saturated carbocycles. The van der Waals surface area contributed by atoms with Crippen LogP contribution in [0.2, 0.25) is 0 Å². The van der Waals surface area contributed by atoms with Crippen LogP contribution in [0.5, 0.6) is 0 Å². The average molecular weight is 346 g/mol. The van der Waals surface area contributed by atoms with Crippen molar-refractivity contribution < 1.29 is 19.6 Å². The first-order valence-corrected chi connectivity index (χ1v) is 7.66. The van der Waals surface area contributed by atoms with Gasteiger partial charge in [0.25, 0.3) is 0 Å². The van der Waals surface area contributed by atoms with Crippen molar-refractivity contribution in [1.29, 1.82) is 0 Å². The van der Waals surface area contributed by atoms with Crippen molar-refractivity contribution in [3.8, 4) is 0 Å². The number of nitrogens with zero attached hydrogens (tertiary/aromatic N) is 4. The molecule has 0 fully saturated rings. The molecule has 0 spiro atoms. The van der Waals surface area contributed by atoms with Gasteiger partial charge in [-0.25, -0.2) is 0 Å².